The molecule has 0 spiro atoms. The molecule has 0 N–H and O–H groups in total. The van der Waals surface area contributed by atoms with Gasteiger partial charge >= 0.3 is 120 Å². The van der Waals surface area contributed by atoms with E-state index in [1.165, 1.54) is 49.4 Å². The number of nitrogens with zero attached hydrogens (tertiary/aromatic N) is 1. The Hall–Kier alpha value is 0.289. The van der Waals surface area contributed by atoms with E-state index >= 15 is 0 Å². The molecule has 0 saturated heterocycles. The molecule has 106 valence electrons. The van der Waals surface area contributed by atoms with E-state index in [0.29, 0.717) is 0 Å². The number of hydrogen-bond acceptors (Lipinski definition) is 1. The molecule has 0 unspecified atom stereocenters. The van der Waals surface area contributed by atoms with E-state index in [1.54, 1.807) is 13.3 Å². The van der Waals surface area contributed by atoms with Crippen LogP contribution in [0.15, 0.2) is 0 Å². The fourth-order valence-corrected chi connectivity index (χ4v) is 19.3. The molecule has 0 saturated carbocycles. The Morgan fingerprint density at radius 2 is 1.11 bits per heavy atom. The van der Waals surface area contributed by atoms with Gasteiger partial charge in [0, 0.05) is 0 Å². The van der Waals surface area contributed by atoms with Crippen LogP contribution < -0.4 is 0 Å². The van der Waals surface area contributed by atoms with Crippen molar-refractivity contribution in [2.75, 3.05) is 0 Å². The molecule has 0 radical (unpaired) electrons. The van der Waals surface area contributed by atoms with Crippen LogP contribution in [0.5, 0.6) is 0 Å². The van der Waals surface area contributed by atoms with Gasteiger partial charge in [-0.25, -0.2) is 0 Å². The SMILES string of the molecule is CCC[CH2][Sn]([CH2]CCC)([CH2]CCC)[CH2]CCC#N. The van der Waals surface area contributed by atoms with Crippen molar-refractivity contribution in [3.63, 3.8) is 0 Å². The third kappa shape index (κ3) is 8.40. The van der Waals surface area contributed by atoms with Crippen LogP contribution in [0, 0.1) is 11.3 Å². The second-order valence-corrected chi connectivity index (χ2v) is 20.1. The normalized spacial score (nSPS) is 11.4. The monoisotopic (exact) mass is 359 g/mol. The van der Waals surface area contributed by atoms with Crippen LogP contribution in [-0.4, -0.2) is 18.4 Å². The summed E-state index contributed by atoms with van der Waals surface area (Å²) in [4.78, 5) is 0. The molecule has 0 heterocycles. The number of hydrogen-bond donors (Lipinski definition) is 0. The van der Waals surface area contributed by atoms with Gasteiger partial charge in [0.15, 0.2) is 0 Å². The molecule has 0 aliphatic rings. The minimum atomic E-state index is -1.87. The number of nitriles is 1. The molecule has 0 amide bonds. The van der Waals surface area contributed by atoms with Crippen molar-refractivity contribution in [2.24, 2.45) is 0 Å². The van der Waals surface area contributed by atoms with Crippen LogP contribution in [0.4, 0.5) is 0 Å². The summed E-state index contributed by atoms with van der Waals surface area (Å²) in [6.07, 6.45) is 10.4. The molecule has 2 heteroatoms. The summed E-state index contributed by atoms with van der Waals surface area (Å²) >= 11 is -1.87. The Labute approximate surface area is 119 Å². The van der Waals surface area contributed by atoms with Gasteiger partial charge in [0.25, 0.3) is 0 Å². The molecular formula is C16H33NSn. The standard InChI is InChI=1S/C4H6N.3C4H9.Sn/c1-2-3-4-5;3*1-3-4-2;/h1-3H2;3*1,3-4H2,2H3;. The maximum absolute atomic E-state index is 8.76. The van der Waals surface area contributed by atoms with Gasteiger partial charge in [-0.3, -0.25) is 0 Å². The summed E-state index contributed by atoms with van der Waals surface area (Å²) in [5.74, 6) is 0. The number of rotatable bonds is 12. The van der Waals surface area contributed by atoms with Gasteiger partial charge in [0.05, 0.1) is 0 Å². The van der Waals surface area contributed by atoms with Crippen molar-refractivity contribution in [1.82, 2.24) is 0 Å². The molecule has 0 aromatic heterocycles. The van der Waals surface area contributed by atoms with E-state index in [9.17, 15) is 0 Å². The van der Waals surface area contributed by atoms with Gasteiger partial charge in [-0.05, 0) is 0 Å². The molecule has 0 atom stereocenters. The fraction of sp³-hybridized carbons (Fsp3) is 0.938. The summed E-state index contributed by atoms with van der Waals surface area (Å²) in [5.41, 5.74) is 0. The molecule has 1 nitrogen and oxygen atoms in total. The van der Waals surface area contributed by atoms with E-state index in [2.05, 4.69) is 26.8 Å². The van der Waals surface area contributed by atoms with Crippen molar-refractivity contribution >= 4 is 18.4 Å². The average Bonchev–Trinajstić information content (AvgIpc) is 2.40. The quantitative estimate of drug-likeness (QED) is 0.304. The zero-order valence-electron chi connectivity index (χ0n) is 12.9. The van der Waals surface area contributed by atoms with Gasteiger partial charge in [-0.1, -0.05) is 0 Å². The molecule has 0 fully saturated rings. The van der Waals surface area contributed by atoms with Crippen LogP contribution in [0.1, 0.15) is 72.1 Å². The fourth-order valence-electron chi connectivity index (χ4n) is 2.95. The van der Waals surface area contributed by atoms with Crippen molar-refractivity contribution in [1.29, 1.82) is 5.26 Å². The topological polar surface area (TPSA) is 23.8 Å². The summed E-state index contributed by atoms with van der Waals surface area (Å²) < 4.78 is 6.27. The first kappa shape index (κ1) is 18.3. The predicted molar refractivity (Wildman–Crippen MR) is 84.6 cm³/mol. The van der Waals surface area contributed by atoms with E-state index in [4.69, 9.17) is 5.26 Å². The first-order valence-corrected chi connectivity index (χ1v) is 16.2. The summed E-state index contributed by atoms with van der Waals surface area (Å²) in [7, 11) is 0. The molecule has 0 aromatic rings. The van der Waals surface area contributed by atoms with Crippen molar-refractivity contribution in [3.05, 3.63) is 0 Å². The van der Waals surface area contributed by atoms with Crippen LogP contribution in [0.25, 0.3) is 0 Å². The molecule has 18 heavy (non-hydrogen) atoms. The molecule has 0 rings (SSSR count). The average molecular weight is 358 g/mol. The minimum absolute atomic E-state index is 0.795. The van der Waals surface area contributed by atoms with E-state index in [0.717, 1.165) is 6.42 Å². The Balaban J connectivity index is 4.46. The second-order valence-electron chi connectivity index (χ2n) is 5.82. The van der Waals surface area contributed by atoms with E-state index in [-0.39, 0.29) is 0 Å². The Morgan fingerprint density at radius 3 is 1.44 bits per heavy atom. The maximum atomic E-state index is 8.76. The van der Waals surface area contributed by atoms with Gasteiger partial charge in [0.1, 0.15) is 0 Å². The third-order valence-electron chi connectivity index (χ3n) is 4.18. The number of unbranched alkanes of at least 4 members (excludes halogenated alkanes) is 4. The summed E-state index contributed by atoms with van der Waals surface area (Å²) in [6, 6.07) is 2.34. The van der Waals surface area contributed by atoms with Gasteiger partial charge in [0.2, 0.25) is 0 Å². The summed E-state index contributed by atoms with van der Waals surface area (Å²) in [6.45, 7) is 6.97. The van der Waals surface area contributed by atoms with Crippen molar-refractivity contribution < 1.29 is 0 Å². The molecular weight excluding hydrogens is 325 g/mol. The van der Waals surface area contributed by atoms with Crippen LogP contribution >= 0.6 is 0 Å². The molecule has 0 aromatic carbocycles. The first-order chi connectivity index (χ1) is 8.74. The van der Waals surface area contributed by atoms with Crippen molar-refractivity contribution in [2.45, 2.75) is 89.9 Å². The van der Waals surface area contributed by atoms with Gasteiger partial charge in [-0.15, -0.1) is 0 Å². The van der Waals surface area contributed by atoms with E-state index < -0.39 is 18.4 Å². The van der Waals surface area contributed by atoms with Gasteiger partial charge in [-0.2, -0.15) is 0 Å². The molecule has 0 bridgehead atoms. The predicted octanol–water partition coefficient (Wildman–Crippen LogP) is 6.14. The second kappa shape index (κ2) is 12.3. The van der Waals surface area contributed by atoms with E-state index in [1.807, 2.05) is 0 Å². The Bertz CT molecular complexity index is 198. The summed E-state index contributed by atoms with van der Waals surface area (Å²) in [5, 5.41) is 8.76. The van der Waals surface area contributed by atoms with Crippen LogP contribution in [0.2, 0.25) is 17.7 Å². The Morgan fingerprint density at radius 1 is 0.722 bits per heavy atom. The van der Waals surface area contributed by atoms with Crippen molar-refractivity contribution in [3.8, 4) is 6.07 Å². The first-order valence-electron chi connectivity index (χ1n) is 8.11. The zero-order chi connectivity index (χ0) is 13.7. The Kier molecular flexibility index (Phi) is 12.5. The van der Waals surface area contributed by atoms with Crippen LogP contribution in [-0.2, 0) is 0 Å². The third-order valence-corrected chi connectivity index (χ3v) is 20.3. The molecule has 0 aliphatic heterocycles. The van der Waals surface area contributed by atoms with Gasteiger partial charge < -0.3 is 0 Å². The molecule has 0 aliphatic carbocycles. The van der Waals surface area contributed by atoms with Crippen LogP contribution in [0.3, 0.4) is 0 Å². The zero-order valence-corrected chi connectivity index (χ0v) is 15.8.